The number of thioether (sulfide) groups is 1. The predicted octanol–water partition coefficient (Wildman–Crippen LogP) is 2.54. The molecule has 2 rings (SSSR count). The van der Waals surface area contributed by atoms with Crippen LogP contribution in [0, 0.1) is 0 Å². The van der Waals surface area contributed by atoms with E-state index in [4.69, 9.17) is 0 Å². The van der Waals surface area contributed by atoms with E-state index in [-0.39, 0.29) is 17.3 Å². The fourth-order valence-corrected chi connectivity index (χ4v) is 2.70. The number of nitrogens with zero attached hydrogens (tertiary/aromatic N) is 1. The largest absolute Gasteiger partial charge is 0.504 e. The van der Waals surface area contributed by atoms with Crippen molar-refractivity contribution in [1.82, 2.24) is 4.90 Å². The first-order valence-corrected chi connectivity index (χ1v) is 6.58. The first kappa shape index (κ1) is 12.8. The van der Waals surface area contributed by atoms with Crippen LogP contribution in [0.1, 0.15) is 24.2 Å². The molecule has 0 amide bonds. The Morgan fingerprint density at radius 1 is 1.33 bits per heavy atom. The number of hydrogen-bond acceptors (Lipinski definition) is 5. The molecule has 4 nitrogen and oxygen atoms in total. The molecule has 96 valence electrons. The average Bonchev–Trinajstić information content (AvgIpc) is 2.64. The highest BCUT2D eigenvalue weighted by atomic mass is 32.2. The highest BCUT2D eigenvalue weighted by molar-refractivity contribution is 8.03. The summed E-state index contributed by atoms with van der Waals surface area (Å²) in [5, 5.41) is 18.6. The van der Waals surface area contributed by atoms with Crippen molar-refractivity contribution in [2.75, 3.05) is 12.4 Å². The molecule has 0 aromatic heterocycles. The van der Waals surface area contributed by atoms with E-state index in [0.717, 1.165) is 11.6 Å². The number of carbonyl (C=O) groups is 1. The van der Waals surface area contributed by atoms with Gasteiger partial charge in [0, 0.05) is 16.2 Å². The van der Waals surface area contributed by atoms with Gasteiger partial charge in [0.25, 0.3) is 0 Å². The van der Waals surface area contributed by atoms with Gasteiger partial charge < -0.3 is 15.1 Å². The van der Waals surface area contributed by atoms with Crippen molar-refractivity contribution in [3.8, 4) is 11.5 Å². The Morgan fingerprint density at radius 3 is 2.61 bits per heavy atom. The van der Waals surface area contributed by atoms with Gasteiger partial charge in [0.1, 0.15) is 0 Å². The lowest BCUT2D eigenvalue weighted by Crippen LogP contribution is -2.25. The van der Waals surface area contributed by atoms with Crippen LogP contribution in [-0.4, -0.2) is 33.3 Å². The summed E-state index contributed by atoms with van der Waals surface area (Å²) in [4.78, 5) is 15.3. The van der Waals surface area contributed by atoms with E-state index in [2.05, 4.69) is 0 Å². The Labute approximate surface area is 110 Å². The van der Waals surface area contributed by atoms with Gasteiger partial charge in [-0.1, -0.05) is 0 Å². The van der Waals surface area contributed by atoms with E-state index >= 15 is 0 Å². The number of hydrogen-bond donors (Lipinski definition) is 2. The van der Waals surface area contributed by atoms with Crippen molar-refractivity contribution in [2.24, 2.45) is 0 Å². The number of Topliss-reactive ketones (excluding diaryl/α,β-unsaturated/α-hetero) is 1. The Bertz CT molecular complexity index is 525. The SMILES string of the molecule is CC1=C(C)N(CC(=O)c2ccc(O)c(O)c2)CS1. The maximum atomic E-state index is 12.1. The lowest BCUT2D eigenvalue weighted by atomic mass is 10.1. The van der Waals surface area contributed by atoms with Gasteiger partial charge in [-0.05, 0) is 32.0 Å². The third kappa shape index (κ3) is 2.46. The second kappa shape index (κ2) is 4.94. The minimum atomic E-state index is -0.264. The molecule has 0 aliphatic carbocycles. The van der Waals surface area contributed by atoms with Gasteiger partial charge in [-0.3, -0.25) is 4.79 Å². The van der Waals surface area contributed by atoms with Gasteiger partial charge in [0.2, 0.25) is 0 Å². The molecule has 0 spiro atoms. The molecule has 0 atom stereocenters. The molecule has 1 aliphatic heterocycles. The monoisotopic (exact) mass is 265 g/mol. The summed E-state index contributed by atoms with van der Waals surface area (Å²) in [6.07, 6.45) is 0. The zero-order valence-electron chi connectivity index (χ0n) is 10.3. The number of rotatable bonds is 3. The summed E-state index contributed by atoms with van der Waals surface area (Å²) in [7, 11) is 0. The smallest absolute Gasteiger partial charge is 0.182 e. The van der Waals surface area contributed by atoms with Crippen molar-refractivity contribution in [3.63, 3.8) is 0 Å². The Hall–Kier alpha value is -1.62. The van der Waals surface area contributed by atoms with Crippen LogP contribution in [0.15, 0.2) is 28.8 Å². The molecule has 0 fully saturated rings. The Morgan fingerprint density at radius 2 is 2.06 bits per heavy atom. The molecule has 0 unspecified atom stereocenters. The fourth-order valence-electron chi connectivity index (χ4n) is 1.72. The van der Waals surface area contributed by atoms with Gasteiger partial charge in [-0.25, -0.2) is 0 Å². The van der Waals surface area contributed by atoms with Crippen molar-refractivity contribution in [2.45, 2.75) is 13.8 Å². The van der Waals surface area contributed by atoms with Gasteiger partial charge in [0.15, 0.2) is 17.3 Å². The quantitative estimate of drug-likeness (QED) is 0.649. The number of ketones is 1. The first-order valence-electron chi connectivity index (χ1n) is 5.59. The lowest BCUT2D eigenvalue weighted by molar-refractivity contribution is 0.0958. The zero-order chi connectivity index (χ0) is 13.3. The van der Waals surface area contributed by atoms with E-state index < -0.39 is 0 Å². The molecule has 1 aromatic carbocycles. The van der Waals surface area contributed by atoms with Crippen LogP contribution in [-0.2, 0) is 0 Å². The minimum absolute atomic E-state index is 0.0695. The van der Waals surface area contributed by atoms with Crippen molar-refractivity contribution < 1.29 is 15.0 Å². The molecular weight excluding hydrogens is 250 g/mol. The molecule has 0 saturated carbocycles. The summed E-state index contributed by atoms with van der Waals surface area (Å²) in [6, 6.07) is 4.15. The maximum absolute atomic E-state index is 12.1. The molecular formula is C13H15NO3S. The highest BCUT2D eigenvalue weighted by Crippen LogP contribution is 2.31. The fraction of sp³-hybridized carbons (Fsp3) is 0.308. The van der Waals surface area contributed by atoms with Gasteiger partial charge in [0.05, 0.1) is 12.4 Å². The summed E-state index contributed by atoms with van der Waals surface area (Å²) >= 11 is 1.72. The van der Waals surface area contributed by atoms with E-state index in [9.17, 15) is 15.0 Å². The molecule has 2 N–H and O–H groups in total. The van der Waals surface area contributed by atoms with Gasteiger partial charge in [-0.15, -0.1) is 11.8 Å². The lowest BCUT2D eigenvalue weighted by Gasteiger charge is -2.18. The van der Waals surface area contributed by atoms with Crippen LogP contribution in [0.4, 0.5) is 0 Å². The Kier molecular flexibility index (Phi) is 3.52. The summed E-state index contributed by atoms with van der Waals surface area (Å²) in [5.41, 5.74) is 1.53. The van der Waals surface area contributed by atoms with E-state index in [0.29, 0.717) is 12.1 Å². The molecule has 1 aromatic rings. The van der Waals surface area contributed by atoms with E-state index in [1.807, 2.05) is 18.7 Å². The van der Waals surface area contributed by atoms with Crippen LogP contribution in [0.25, 0.3) is 0 Å². The van der Waals surface area contributed by atoms with Crippen molar-refractivity contribution in [3.05, 3.63) is 34.4 Å². The number of allylic oxidation sites excluding steroid dienone is 2. The van der Waals surface area contributed by atoms with E-state index in [1.165, 1.54) is 23.1 Å². The number of carbonyl (C=O) groups excluding carboxylic acids is 1. The normalized spacial score (nSPS) is 15.3. The van der Waals surface area contributed by atoms with Crippen LogP contribution < -0.4 is 0 Å². The topological polar surface area (TPSA) is 60.8 Å². The standard InChI is InChI=1S/C13H15NO3S/c1-8-9(2)18-7-14(8)6-13(17)10-3-4-11(15)12(16)5-10/h3-5,15-16H,6-7H2,1-2H3. The molecule has 5 heteroatoms. The maximum Gasteiger partial charge on any atom is 0.182 e. The minimum Gasteiger partial charge on any atom is -0.504 e. The first-order chi connectivity index (χ1) is 8.49. The van der Waals surface area contributed by atoms with Crippen molar-refractivity contribution in [1.29, 1.82) is 0 Å². The second-order valence-corrected chi connectivity index (χ2v) is 5.40. The molecule has 1 heterocycles. The number of phenolic OH excluding ortho intramolecular Hbond substituents is 2. The van der Waals surface area contributed by atoms with Crippen LogP contribution in [0.2, 0.25) is 0 Å². The Balaban J connectivity index is 2.11. The molecule has 18 heavy (non-hydrogen) atoms. The molecule has 1 aliphatic rings. The molecule has 0 saturated heterocycles. The third-order valence-electron chi connectivity index (χ3n) is 3.05. The summed E-state index contributed by atoms with van der Waals surface area (Å²) < 4.78 is 0. The number of aromatic hydroxyl groups is 2. The summed E-state index contributed by atoms with van der Waals surface area (Å²) in [5.74, 6) is 0.239. The predicted molar refractivity (Wildman–Crippen MR) is 71.6 cm³/mol. The molecule has 0 radical (unpaired) electrons. The third-order valence-corrected chi connectivity index (χ3v) is 4.22. The second-order valence-electron chi connectivity index (χ2n) is 4.24. The van der Waals surface area contributed by atoms with Gasteiger partial charge in [-0.2, -0.15) is 0 Å². The van der Waals surface area contributed by atoms with Crippen LogP contribution in [0.3, 0.4) is 0 Å². The zero-order valence-corrected chi connectivity index (χ0v) is 11.1. The molecule has 0 bridgehead atoms. The van der Waals surface area contributed by atoms with Crippen molar-refractivity contribution >= 4 is 17.5 Å². The van der Waals surface area contributed by atoms with Crippen LogP contribution in [0.5, 0.6) is 11.5 Å². The van der Waals surface area contributed by atoms with Crippen LogP contribution >= 0.6 is 11.8 Å². The summed E-state index contributed by atoms with van der Waals surface area (Å²) in [6.45, 7) is 4.33. The van der Waals surface area contributed by atoms with Gasteiger partial charge >= 0.3 is 0 Å². The highest BCUT2D eigenvalue weighted by Gasteiger charge is 2.20. The number of benzene rings is 1. The number of phenols is 2. The van der Waals surface area contributed by atoms with E-state index in [1.54, 1.807) is 11.8 Å². The average molecular weight is 265 g/mol.